The van der Waals surface area contributed by atoms with Gasteiger partial charge >= 0.3 is 5.97 Å². The fourth-order valence-electron chi connectivity index (χ4n) is 2.45. The number of carboxylic acids is 1. The summed E-state index contributed by atoms with van der Waals surface area (Å²) in [7, 11) is 0. The van der Waals surface area contributed by atoms with Gasteiger partial charge in [0.2, 0.25) is 0 Å². The van der Waals surface area contributed by atoms with Crippen LogP contribution in [0.15, 0.2) is 29.8 Å². The largest absolute Gasteiger partial charge is 0.481 e. The van der Waals surface area contributed by atoms with Crippen molar-refractivity contribution in [3.8, 4) is 0 Å². The highest BCUT2D eigenvalue weighted by Crippen LogP contribution is 2.42. The zero-order valence-corrected chi connectivity index (χ0v) is 11.4. The molecule has 19 heavy (non-hydrogen) atoms. The fourth-order valence-corrected chi connectivity index (χ4v) is 2.58. The van der Waals surface area contributed by atoms with E-state index in [2.05, 4.69) is 0 Å². The molecule has 0 aromatic heterocycles. The van der Waals surface area contributed by atoms with Crippen LogP contribution in [0.1, 0.15) is 31.7 Å². The van der Waals surface area contributed by atoms with Crippen molar-refractivity contribution in [2.75, 3.05) is 0 Å². The number of benzene rings is 1. The number of halogens is 1. The van der Waals surface area contributed by atoms with Gasteiger partial charge in [-0.3, -0.25) is 9.59 Å². The first-order valence-corrected chi connectivity index (χ1v) is 6.50. The first-order valence-electron chi connectivity index (χ1n) is 6.13. The highest BCUT2D eigenvalue weighted by molar-refractivity contribution is 6.30. The standard InChI is InChI=1S/C15H15ClO3/c1-15(14(18)19)7-6-13(11(8-15)9-17)10-2-4-12(16)5-3-10/h2-5,9H,6-8H2,1H3,(H,18,19). The van der Waals surface area contributed by atoms with E-state index in [4.69, 9.17) is 11.6 Å². The predicted octanol–water partition coefficient (Wildman–Crippen LogP) is 3.57. The summed E-state index contributed by atoms with van der Waals surface area (Å²) in [6.07, 6.45) is 2.20. The molecule has 0 radical (unpaired) electrons. The Morgan fingerprint density at radius 1 is 1.37 bits per heavy atom. The lowest BCUT2D eigenvalue weighted by atomic mass is 9.72. The molecule has 2 rings (SSSR count). The van der Waals surface area contributed by atoms with Crippen molar-refractivity contribution in [1.82, 2.24) is 0 Å². The van der Waals surface area contributed by atoms with Crippen LogP contribution in [0.2, 0.25) is 5.02 Å². The summed E-state index contributed by atoms with van der Waals surface area (Å²) in [5, 5.41) is 9.89. The van der Waals surface area contributed by atoms with Crippen molar-refractivity contribution in [3.63, 3.8) is 0 Å². The summed E-state index contributed by atoms with van der Waals surface area (Å²) >= 11 is 5.84. The Hall–Kier alpha value is -1.61. The van der Waals surface area contributed by atoms with Crippen molar-refractivity contribution in [2.45, 2.75) is 26.2 Å². The van der Waals surface area contributed by atoms with Crippen LogP contribution in [-0.4, -0.2) is 17.4 Å². The number of allylic oxidation sites excluding steroid dienone is 2. The van der Waals surface area contributed by atoms with Gasteiger partial charge in [-0.25, -0.2) is 0 Å². The smallest absolute Gasteiger partial charge is 0.309 e. The first kappa shape index (κ1) is 13.8. The maximum absolute atomic E-state index is 11.3. The highest BCUT2D eigenvalue weighted by atomic mass is 35.5. The topological polar surface area (TPSA) is 54.4 Å². The molecule has 1 aliphatic rings. The highest BCUT2D eigenvalue weighted by Gasteiger charge is 2.37. The van der Waals surface area contributed by atoms with E-state index in [0.29, 0.717) is 23.4 Å². The molecule has 0 bridgehead atoms. The molecule has 0 spiro atoms. The molecular formula is C15H15ClO3. The molecule has 1 N–H and O–H groups in total. The summed E-state index contributed by atoms with van der Waals surface area (Å²) in [5.41, 5.74) is 1.62. The number of hydrogen-bond acceptors (Lipinski definition) is 2. The predicted molar refractivity (Wildman–Crippen MR) is 74.0 cm³/mol. The molecule has 1 aliphatic carbocycles. The van der Waals surface area contributed by atoms with Crippen LogP contribution in [0, 0.1) is 5.41 Å². The lowest BCUT2D eigenvalue weighted by molar-refractivity contribution is -0.148. The second-order valence-electron chi connectivity index (χ2n) is 5.17. The summed E-state index contributed by atoms with van der Waals surface area (Å²) < 4.78 is 0. The minimum atomic E-state index is -0.845. The van der Waals surface area contributed by atoms with Gasteiger partial charge in [-0.15, -0.1) is 0 Å². The molecule has 3 nitrogen and oxygen atoms in total. The van der Waals surface area contributed by atoms with Crippen LogP contribution in [0.3, 0.4) is 0 Å². The first-order chi connectivity index (χ1) is 8.96. The molecule has 1 aromatic rings. The van der Waals surface area contributed by atoms with Crippen LogP contribution in [0.5, 0.6) is 0 Å². The van der Waals surface area contributed by atoms with Crippen LogP contribution in [-0.2, 0) is 9.59 Å². The monoisotopic (exact) mass is 278 g/mol. The molecule has 1 atom stereocenters. The number of aliphatic carboxylic acids is 1. The fraction of sp³-hybridized carbons (Fsp3) is 0.333. The van der Waals surface area contributed by atoms with Crippen LogP contribution in [0.25, 0.3) is 5.57 Å². The minimum absolute atomic E-state index is 0.282. The Bertz CT molecular complexity index is 545. The van der Waals surface area contributed by atoms with Gasteiger partial charge in [-0.1, -0.05) is 23.7 Å². The Balaban J connectivity index is 2.39. The van der Waals surface area contributed by atoms with E-state index in [1.165, 1.54) is 0 Å². The number of carbonyl (C=O) groups excluding carboxylic acids is 1. The third-order valence-electron chi connectivity index (χ3n) is 3.75. The lowest BCUT2D eigenvalue weighted by Crippen LogP contribution is -2.31. The van der Waals surface area contributed by atoms with Gasteiger partial charge in [-0.2, -0.15) is 0 Å². The number of rotatable bonds is 3. The lowest BCUT2D eigenvalue weighted by Gasteiger charge is -2.31. The molecular weight excluding hydrogens is 264 g/mol. The Morgan fingerprint density at radius 3 is 2.53 bits per heavy atom. The van der Waals surface area contributed by atoms with Crippen LogP contribution < -0.4 is 0 Å². The molecule has 0 fully saturated rings. The number of hydrogen-bond donors (Lipinski definition) is 1. The number of aldehydes is 1. The van der Waals surface area contributed by atoms with E-state index in [-0.39, 0.29) is 6.42 Å². The average molecular weight is 279 g/mol. The van der Waals surface area contributed by atoms with E-state index in [1.807, 2.05) is 12.1 Å². The molecule has 4 heteroatoms. The van der Waals surface area contributed by atoms with E-state index < -0.39 is 11.4 Å². The maximum Gasteiger partial charge on any atom is 0.309 e. The molecule has 1 aromatic carbocycles. The van der Waals surface area contributed by atoms with Gasteiger partial charge in [0.15, 0.2) is 0 Å². The quantitative estimate of drug-likeness (QED) is 0.860. The van der Waals surface area contributed by atoms with E-state index in [0.717, 1.165) is 17.4 Å². The second kappa shape index (κ2) is 5.17. The van der Waals surface area contributed by atoms with Gasteiger partial charge in [0, 0.05) is 5.02 Å². The van der Waals surface area contributed by atoms with Gasteiger partial charge in [0.1, 0.15) is 6.29 Å². The SMILES string of the molecule is CC1(C(=O)O)CCC(c2ccc(Cl)cc2)=C(C=O)C1. The van der Waals surface area contributed by atoms with Gasteiger partial charge in [0.25, 0.3) is 0 Å². The van der Waals surface area contributed by atoms with Crippen molar-refractivity contribution >= 4 is 29.4 Å². The van der Waals surface area contributed by atoms with Crippen LogP contribution >= 0.6 is 11.6 Å². The average Bonchev–Trinajstić information content (AvgIpc) is 2.39. The molecule has 0 amide bonds. The normalized spacial score (nSPS) is 23.3. The van der Waals surface area contributed by atoms with E-state index in [9.17, 15) is 14.7 Å². The van der Waals surface area contributed by atoms with Gasteiger partial charge < -0.3 is 5.11 Å². The second-order valence-corrected chi connectivity index (χ2v) is 5.61. The van der Waals surface area contributed by atoms with Crippen LogP contribution in [0.4, 0.5) is 0 Å². The maximum atomic E-state index is 11.3. The Labute approximate surface area is 116 Å². The van der Waals surface area contributed by atoms with Crippen molar-refractivity contribution < 1.29 is 14.7 Å². The van der Waals surface area contributed by atoms with Gasteiger partial charge in [0.05, 0.1) is 5.41 Å². The van der Waals surface area contributed by atoms with E-state index >= 15 is 0 Å². The summed E-state index contributed by atoms with van der Waals surface area (Å²) in [4.78, 5) is 22.5. The van der Waals surface area contributed by atoms with E-state index in [1.54, 1.807) is 19.1 Å². The molecule has 0 heterocycles. The summed E-state index contributed by atoms with van der Waals surface area (Å²) in [6.45, 7) is 1.69. The molecule has 100 valence electrons. The number of carbonyl (C=O) groups is 2. The Morgan fingerprint density at radius 2 is 2.00 bits per heavy atom. The zero-order chi connectivity index (χ0) is 14.0. The summed E-state index contributed by atoms with van der Waals surface area (Å²) in [5.74, 6) is -0.845. The molecule has 0 saturated heterocycles. The molecule has 0 aliphatic heterocycles. The summed E-state index contributed by atoms with van der Waals surface area (Å²) in [6, 6.07) is 7.28. The van der Waals surface area contributed by atoms with Crippen molar-refractivity contribution in [3.05, 3.63) is 40.4 Å². The van der Waals surface area contributed by atoms with Crippen molar-refractivity contribution in [1.29, 1.82) is 0 Å². The van der Waals surface area contributed by atoms with Crippen molar-refractivity contribution in [2.24, 2.45) is 5.41 Å². The third-order valence-corrected chi connectivity index (χ3v) is 4.00. The number of carboxylic acid groups (broad SMARTS) is 1. The zero-order valence-electron chi connectivity index (χ0n) is 10.6. The third kappa shape index (κ3) is 2.71. The minimum Gasteiger partial charge on any atom is -0.481 e. The van der Waals surface area contributed by atoms with Gasteiger partial charge in [-0.05, 0) is 55.0 Å². The Kier molecular flexibility index (Phi) is 3.76. The molecule has 0 saturated carbocycles. The molecule has 1 unspecified atom stereocenters.